The zero-order chi connectivity index (χ0) is 35.8. The summed E-state index contributed by atoms with van der Waals surface area (Å²) >= 11 is 0. The molecule has 6 atom stereocenters. The van der Waals surface area contributed by atoms with Crippen LogP contribution in [-0.2, 0) is 19.2 Å². The minimum atomic E-state index is -1.30. The number of carbonyl (C=O) groups is 4. The second-order valence-corrected chi connectivity index (χ2v) is 11.7. The third-order valence-electron chi connectivity index (χ3n) is 8.87. The molecule has 0 saturated heterocycles. The molecule has 0 bridgehead atoms. The fourth-order valence-electron chi connectivity index (χ4n) is 6.50. The van der Waals surface area contributed by atoms with Crippen LogP contribution >= 0.6 is 0 Å². The van der Waals surface area contributed by atoms with E-state index >= 15 is 0 Å². The van der Waals surface area contributed by atoms with E-state index in [-0.39, 0.29) is 72.4 Å². The van der Waals surface area contributed by atoms with Crippen LogP contribution < -0.4 is 10.2 Å². The normalized spacial score (nSPS) is 16.5. The van der Waals surface area contributed by atoms with Gasteiger partial charge in [0, 0.05) is 25.7 Å². The summed E-state index contributed by atoms with van der Waals surface area (Å²) < 4.78 is -0.718. The van der Waals surface area contributed by atoms with Crippen molar-refractivity contribution < 1.29 is 58.8 Å². The Bertz CT molecular complexity index is 826. The maximum atomic E-state index is 11.6. The van der Waals surface area contributed by atoms with Crippen molar-refractivity contribution in [2.75, 3.05) is 26.6 Å². The summed E-state index contributed by atoms with van der Waals surface area (Å²) in [5.41, 5.74) is 0. The Morgan fingerprint density at radius 3 is 1.04 bits per heavy atom. The van der Waals surface area contributed by atoms with E-state index in [9.17, 15) is 49.8 Å². The predicted octanol–water partition coefficient (Wildman–Crippen LogP) is 2.18. The zero-order valence-corrected chi connectivity index (χ0v) is 32.0. The number of aliphatic hydroxyl groups excluding tert-OH is 2. The van der Waals surface area contributed by atoms with Crippen molar-refractivity contribution in [2.45, 2.75) is 143 Å². The van der Waals surface area contributed by atoms with Crippen molar-refractivity contribution in [3.63, 3.8) is 0 Å². The summed E-state index contributed by atoms with van der Waals surface area (Å²) in [6, 6.07) is -3.94. The van der Waals surface area contributed by atoms with E-state index < -0.39 is 61.5 Å². The third kappa shape index (κ3) is 16.1. The van der Waals surface area contributed by atoms with Gasteiger partial charge in [-0.25, -0.2) is 9.59 Å². The monoisotopic (exact) mass is 698 g/mol. The van der Waals surface area contributed by atoms with Crippen LogP contribution in [-0.4, -0.2) is 142 Å². The number of aliphatic carboxylic acids is 4. The molecule has 0 saturated carbocycles. The molecule has 0 rings (SSSR count). The van der Waals surface area contributed by atoms with Crippen molar-refractivity contribution in [1.29, 1.82) is 0 Å². The fraction of sp³-hybridized carbons (Fsp3) is 0.765. The summed E-state index contributed by atoms with van der Waals surface area (Å²) in [5.74, 6) is -4.75. The standard InChI is InChI=1S/2C17H31NO5.Ca/c2*1-4-7-8-9-10-11-12-18(13-19,14(5-2)16(20)21)15(6-3)17(22)23;/h2*7-8,14-15,19H,4-6,9-13H2,1-3H3,(H-,20,21,22,23);/q;;+2/b2*8-7+;. The molecule has 0 aliphatic rings. The minimum absolute atomic E-state index is 0. The van der Waals surface area contributed by atoms with Gasteiger partial charge in [0.15, 0.2) is 25.5 Å². The smallest absolute Gasteiger partial charge is 0.544 e. The molecule has 0 aromatic rings. The van der Waals surface area contributed by atoms with Gasteiger partial charge < -0.3 is 40.2 Å². The predicted molar refractivity (Wildman–Crippen MR) is 178 cm³/mol. The molecule has 0 aliphatic carbocycles. The van der Waals surface area contributed by atoms with Crippen LogP contribution in [0.25, 0.3) is 0 Å². The van der Waals surface area contributed by atoms with Gasteiger partial charge in [0.25, 0.3) is 0 Å². The Hall–Kier alpha value is -1.54. The van der Waals surface area contributed by atoms with Gasteiger partial charge in [-0.3, -0.25) is 8.97 Å². The molecular formula is C34H62CaN2O10+2. The number of carboxylic acids is 4. The summed E-state index contributed by atoms with van der Waals surface area (Å²) in [6.45, 7) is 10.5. The fourth-order valence-corrected chi connectivity index (χ4v) is 6.50. The Labute approximate surface area is 312 Å². The summed E-state index contributed by atoms with van der Waals surface area (Å²) in [7, 11) is 0. The molecule has 0 aromatic heterocycles. The number of rotatable bonds is 26. The Kier molecular flexibility index (Phi) is 30.0. The first-order valence-corrected chi connectivity index (χ1v) is 16.9. The van der Waals surface area contributed by atoms with Crippen LogP contribution in [0.4, 0.5) is 0 Å². The molecule has 0 amide bonds. The van der Waals surface area contributed by atoms with Crippen molar-refractivity contribution >= 4 is 61.6 Å². The van der Waals surface area contributed by atoms with E-state index in [0.29, 0.717) is 25.9 Å². The largest absolute Gasteiger partial charge is 2.00 e. The third-order valence-corrected chi connectivity index (χ3v) is 8.87. The van der Waals surface area contributed by atoms with Gasteiger partial charge in [-0.1, -0.05) is 65.8 Å². The van der Waals surface area contributed by atoms with Crippen molar-refractivity contribution in [2.24, 2.45) is 0 Å². The number of hydrogen-bond donors (Lipinski definition) is 4. The van der Waals surface area contributed by atoms with Gasteiger partial charge in [0.05, 0.1) is 25.0 Å². The molecule has 0 radical (unpaired) electrons. The van der Waals surface area contributed by atoms with E-state index in [1.807, 2.05) is 0 Å². The molecule has 0 heterocycles. The van der Waals surface area contributed by atoms with Crippen molar-refractivity contribution in [1.82, 2.24) is 0 Å². The van der Waals surface area contributed by atoms with E-state index in [0.717, 1.165) is 38.5 Å². The Morgan fingerprint density at radius 2 is 0.851 bits per heavy atom. The molecule has 13 heteroatoms. The molecule has 47 heavy (non-hydrogen) atoms. The number of allylic oxidation sites excluding steroid dienone is 4. The number of carbonyl (C=O) groups excluding carboxylic acids is 2. The van der Waals surface area contributed by atoms with Gasteiger partial charge in [0.1, 0.15) is 12.1 Å². The molecule has 0 aliphatic heterocycles. The number of nitrogens with zero attached hydrogens (tertiary/aromatic N) is 2. The molecule has 0 aromatic carbocycles. The number of aliphatic hydroxyl groups is 2. The molecule has 0 fully saturated rings. The van der Waals surface area contributed by atoms with Crippen LogP contribution in [0.5, 0.6) is 0 Å². The number of unbranched alkanes of at least 4 members (excludes halogenated alkanes) is 4. The Morgan fingerprint density at radius 1 is 0.553 bits per heavy atom. The molecule has 268 valence electrons. The van der Waals surface area contributed by atoms with Gasteiger partial charge in [0.2, 0.25) is 0 Å². The maximum Gasteiger partial charge on any atom is 2.00 e. The van der Waals surface area contributed by atoms with Crippen LogP contribution in [0.15, 0.2) is 24.3 Å². The van der Waals surface area contributed by atoms with Gasteiger partial charge in [-0.2, -0.15) is 0 Å². The molecule has 12 nitrogen and oxygen atoms in total. The first-order chi connectivity index (χ1) is 21.8. The second kappa shape index (κ2) is 28.3. The maximum absolute atomic E-state index is 11.6. The summed E-state index contributed by atoms with van der Waals surface area (Å²) in [6.07, 6.45) is 15.9. The first kappa shape index (κ1) is 49.8. The quantitative estimate of drug-likeness (QED) is 0.0342. The van der Waals surface area contributed by atoms with E-state index in [2.05, 4.69) is 38.2 Å². The average Bonchev–Trinajstić information content (AvgIpc) is 3.00. The molecule has 6 unspecified atom stereocenters. The second-order valence-electron chi connectivity index (χ2n) is 11.7. The summed E-state index contributed by atoms with van der Waals surface area (Å²) in [4.78, 5) is 46.2. The van der Waals surface area contributed by atoms with Crippen molar-refractivity contribution in [3.05, 3.63) is 24.3 Å². The van der Waals surface area contributed by atoms with E-state index in [1.165, 1.54) is 0 Å². The van der Waals surface area contributed by atoms with E-state index in [4.69, 9.17) is 0 Å². The SMILES string of the molecule is CC/C=C/CCCC[N+](CO)(C(CC)C(=O)[O-])C(CC)C(=O)O.CC/C=C/CCCC[N+](CO)(C(CC)C(=O)[O-])C(CC)C(=O)O.[Ca+2]. The number of quaternary nitrogens is 2. The van der Waals surface area contributed by atoms with Crippen LogP contribution in [0.2, 0.25) is 0 Å². The molecule has 4 N–H and O–H groups in total. The van der Waals surface area contributed by atoms with Crippen LogP contribution in [0.1, 0.15) is 119 Å². The van der Waals surface area contributed by atoms with Crippen LogP contribution in [0.3, 0.4) is 0 Å². The minimum Gasteiger partial charge on any atom is -0.544 e. The van der Waals surface area contributed by atoms with Gasteiger partial charge >= 0.3 is 49.7 Å². The van der Waals surface area contributed by atoms with Gasteiger partial charge in [-0.15, -0.1) is 0 Å². The molecule has 0 spiro atoms. The Balaban J connectivity index is -0.000000807. The average molecular weight is 699 g/mol. The topological polar surface area (TPSA) is 195 Å². The van der Waals surface area contributed by atoms with Crippen LogP contribution in [0, 0.1) is 0 Å². The number of hydrogen-bond acceptors (Lipinski definition) is 8. The van der Waals surface area contributed by atoms with Gasteiger partial charge in [-0.05, 0) is 51.4 Å². The molecular weight excluding hydrogens is 636 g/mol. The van der Waals surface area contributed by atoms with E-state index in [1.54, 1.807) is 27.7 Å². The van der Waals surface area contributed by atoms with Crippen molar-refractivity contribution in [3.8, 4) is 0 Å². The summed E-state index contributed by atoms with van der Waals surface area (Å²) in [5, 5.41) is 61.8. The zero-order valence-electron chi connectivity index (χ0n) is 29.8. The first-order valence-electron chi connectivity index (χ1n) is 16.9. The number of carboxylic acid groups (broad SMARTS) is 4.